The second-order valence-corrected chi connectivity index (χ2v) is 18.5. The van der Waals surface area contributed by atoms with Crippen LogP contribution in [0.3, 0.4) is 0 Å². The van der Waals surface area contributed by atoms with Gasteiger partial charge in [0.2, 0.25) is 0 Å². The molecule has 0 unspecified atom stereocenters. The Bertz CT molecular complexity index is 3260. The number of hydrogen-bond acceptors (Lipinski definition) is 8. The predicted molar refractivity (Wildman–Crippen MR) is 235 cm³/mol. The number of aromatic amines is 1. The molecule has 14 nitrogen and oxygen atoms in total. The number of carbonyl (C=O) groups excluding carboxylic acids is 1. The van der Waals surface area contributed by atoms with Gasteiger partial charge in [-0.1, -0.05) is 11.2 Å². The lowest BCUT2D eigenvalue weighted by atomic mass is 9.83. The molecule has 0 spiro atoms. The van der Waals surface area contributed by atoms with Gasteiger partial charge >= 0.3 is 5.76 Å². The smallest absolute Gasteiger partial charge is 0.376 e. The predicted octanol–water partition coefficient (Wildman–Crippen LogP) is 8.42. The topological polar surface area (TPSA) is 147 Å². The van der Waals surface area contributed by atoms with E-state index in [4.69, 9.17) is 19.3 Å². The van der Waals surface area contributed by atoms with E-state index >= 15 is 13.6 Å². The number of rotatable bonds is 7. The zero-order valence-corrected chi connectivity index (χ0v) is 36.8. The fourth-order valence-corrected chi connectivity index (χ4v) is 10.6. The molecule has 1 saturated carbocycles. The van der Waals surface area contributed by atoms with E-state index in [0.717, 1.165) is 35.0 Å². The number of H-pyrrole nitrogens is 1. The average Bonchev–Trinajstić information content (AvgIpc) is 3.72. The summed E-state index contributed by atoms with van der Waals surface area (Å²) in [4.78, 5) is 37.4. The van der Waals surface area contributed by atoms with Crippen LogP contribution in [0.4, 0.5) is 8.78 Å². The molecule has 1 amide bonds. The highest BCUT2D eigenvalue weighted by Crippen LogP contribution is 2.51. The molecule has 7 heterocycles. The van der Waals surface area contributed by atoms with E-state index in [0.29, 0.717) is 100 Å². The van der Waals surface area contributed by atoms with Crippen LogP contribution in [-0.2, 0) is 23.7 Å². The first-order valence-corrected chi connectivity index (χ1v) is 21.9. The van der Waals surface area contributed by atoms with Crippen LogP contribution in [-0.4, -0.2) is 73.4 Å². The van der Waals surface area contributed by atoms with Gasteiger partial charge in [0.1, 0.15) is 29.1 Å². The summed E-state index contributed by atoms with van der Waals surface area (Å²) >= 11 is 0. The van der Waals surface area contributed by atoms with E-state index in [1.54, 1.807) is 59.4 Å². The number of ether oxygens (including phenoxy) is 1. The average molecular weight is 867 g/mol. The van der Waals surface area contributed by atoms with Crippen LogP contribution in [0.5, 0.6) is 0 Å². The monoisotopic (exact) mass is 866 g/mol. The van der Waals surface area contributed by atoms with E-state index in [-0.39, 0.29) is 17.3 Å². The van der Waals surface area contributed by atoms with Crippen LogP contribution in [0.1, 0.15) is 108 Å². The molecule has 5 aromatic heterocycles. The molecule has 3 aromatic carbocycles. The van der Waals surface area contributed by atoms with Crippen molar-refractivity contribution in [3.8, 4) is 22.8 Å². The Morgan fingerprint density at radius 2 is 1.75 bits per heavy atom. The van der Waals surface area contributed by atoms with Gasteiger partial charge in [-0.05, 0) is 132 Å². The minimum absolute atomic E-state index is 0.193. The molecule has 1 saturated heterocycles. The lowest BCUT2D eigenvalue weighted by molar-refractivity contribution is -0.0592. The number of fused-ring (bicyclic) bond motifs is 3. The first kappa shape index (κ1) is 40.1. The van der Waals surface area contributed by atoms with Gasteiger partial charge in [0.25, 0.3) is 5.91 Å². The molecule has 0 radical (unpaired) electrons. The Morgan fingerprint density at radius 1 is 0.984 bits per heavy atom. The number of hydrogen-bond donors (Lipinski definition) is 1. The highest BCUT2D eigenvalue weighted by molar-refractivity contribution is 6.00. The number of nitrogens with zero attached hydrogens (tertiary/aromatic N) is 9. The third-order valence-corrected chi connectivity index (χ3v) is 14.0. The number of benzene rings is 3. The maximum atomic E-state index is 16.2. The molecule has 11 rings (SSSR count). The Labute approximate surface area is 366 Å². The SMILES string of the molecule is Cc1cc(-n2nc3c(c2-c2ncn(-c4ccc5c(cnn5C)c4F)c2C)[C@H](C)N(C(=O)c2cc4cc([C@H]5CCOC(C)(C)C5)ccc4n2C2(c4noc(=O)[nH]4)CC2)CC3)cc(C)c1F. The number of halogens is 2. The second kappa shape index (κ2) is 14.2. The summed E-state index contributed by atoms with van der Waals surface area (Å²) < 4.78 is 49.6. The Morgan fingerprint density at radius 3 is 2.47 bits per heavy atom. The summed E-state index contributed by atoms with van der Waals surface area (Å²) in [7, 11) is 1.77. The lowest BCUT2D eigenvalue weighted by Crippen LogP contribution is -2.40. The van der Waals surface area contributed by atoms with Gasteiger partial charge in [-0.15, -0.1) is 0 Å². The standard InChI is InChI=1S/C48H48F2N10O4/c1-25-18-32(19-26(2)40(25)49)60-43(42-28(4)58(24-51-42)37-11-10-36-33(41(37)50)23-52-56(36)7)39-27(3)57(16-12-34(39)54-60)44(61)38-21-31-20-29(30-13-17-63-47(5,6)22-30)8-9-35(31)59(38)48(14-15-48)45-53-46(62)64-55-45/h8-11,18-21,23-24,27,30H,12-17,22H2,1-7H3,(H,53,55,62)/t27-,30-/m0/s1. The molecule has 1 N–H and O–H groups in total. The zero-order valence-electron chi connectivity index (χ0n) is 36.8. The minimum atomic E-state index is -0.780. The van der Waals surface area contributed by atoms with E-state index < -0.39 is 23.2 Å². The van der Waals surface area contributed by atoms with Crippen LogP contribution in [0.25, 0.3) is 44.6 Å². The van der Waals surface area contributed by atoms with Crippen molar-refractivity contribution < 1.29 is 22.8 Å². The third kappa shape index (κ3) is 6.05. The van der Waals surface area contributed by atoms with Gasteiger partial charge in [0.05, 0.1) is 51.5 Å². The normalized spacial score (nSPS) is 19.2. The van der Waals surface area contributed by atoms with Crippen molar-refractivity contribution >= 4 is 27.7 Å². The molecule has 2 atom stereocenters. The van der Waals surface area contributed by atoms with Crippen molar-refractivity contribution in [1.82, 2.24) is 48.7 Å². The molecule has 3 aliphatic rings. The fourth-order valence-electron chi connectivity index (χ4n) is 10.6. The Balaban J connectivity index is 1.05. The van der Waals surface area contributed by atoms with Crippen LogP contribution in [0.2, 0.25) is 0 Å². The molecule has 16 heteroatoms. The van der Waals surface area contributed by atoms with Crippen molar-refractivity contribution in [2.24, 2.45) is 7.05 Å². The molecule has 2 aliphatic heterocycles. The van der Waals surface area contributed by atoms with Crippen molar-refractivity contribution in [3.63, 3.8) is 0 Å². The summed E-state index contributed by atoms with van der Waals surface area (Å²) in [6.07, 6.45) is 6.63. The van der Waals surface area contributed by atoms with Crippen LogP contribution >= 0.6 is 0 Å². The number of imidazole rings is 1. The highest BCUT2D eigenvalue weighted by atomic mass is 19.1. The molecular formula is C48H48F2N10O4. The first-order chi connectivity index (χ1) is 30.6. The van der Waals surface area contributed by atoms with Crippen molar-refractivity contribution in [2.75, 3.05) is 13.2 Å². The van der Waals surface area contributed by atoms with Gasteiger partial charge in [0.15, 0.2) is 11.6 Å². The van der Waals surface area contributed by atoms with E-state index in [1.165, 1.54) is 11.8 Å². The van der Waals surface area contributed by atoms with Gasteiger partial charge in [-0.3, -0.25) is 23.6 Å². The van der Waals surface area contributed by atoms with Crippen LogP contribution in [0.15, 0.2) is 70.4 Å². The van der Waals surface area contributed by atoms with Gasteiger partial charge in [-0.25, -0.2) is 23.2 Å². The summed E-state index contributed by atoms with van der Waals surface area (Å²) in [6.45, 7) is 12.6. The maximum absolute atomic E-state index is 16.2. The Hall–Kier alpha value is -6.68. The van der Waals surface area contributed by atoms with Gasteiger partial charge in [-0.2, -0.15) is 10.2 Å². The van der Waals surface area contributed by atoms with Crippen LogP contribution in [0, 0.1) is 32.4 Å². The summed E-state index contributed by atoms with van der Waals surface area (Å²) in [6, 6.07) is 15.0. The number of carbonyl (C=O) groups is 1. The number of aromatic nitrogens is 9. The number of aryl methyl sites for hydroxylation is 3. The Kier molecular flexibility index (Phi) is 8.88. The van der Waals surface area contributed by atoms with Crippen molar-refractivity contribution in [1.29, 1.82) is 0 Å². The van der Waals surface area contributed by atoms with Gasteiger partial charge < -0.3 is 14.2 Å². The quantitative estimate of drug-likeness (QED) is 0.168. The highest BCUT2D eigenvalue weighted by Gasteiger charge is 2.52. The van der Waals surface area contributed by atoms with Crippen molar-refractivity contribution in [2.45, 2.75) is 96.7 Å². The molecule has 328 valence electrons. The van der Waals surface area contributed by atoms with E-state index in [9.17, 15) is 4.79 Å². The van der Waals surface area contributed by atoms with E-state index in [1.807, 2.05) is 35.4 Å². The maximum Gasteiger partial charge on any atom is 0.438 e. The molecule has 0 bridgehead atoms. The molecular weight excluding hydrogens is 819 g/mol. The minimum Gasteiger partial charge on any atom is -0.376 e. The molecule has 64 heavy (non-hydrogen) atoms. The molecule has 1 aliphatic carbocycles. The van der Waals surface area contributed by atoms with Crippen molar-refractivity contribution in [3.05, 3.63) is 128 Å². The first-order valence-electron chi connectivity index (χ1n) is 21.9. The molecule has 2 fully saturated rings. The van der Waals surface area contributed by atoms with Crippen LogP contribution < -0.4 is 5.76 Å². The summed E-state index contributed by atoms with van der Waals surface area (Å²) in [5, 5.41) is 14.9. The number of nitrogens with one attached hydrogen (secondary N) is 1. The fraction of sp³-hybridized carbons (Fsp3) is 0.375. The lowest BCUT2D eigenvalue weighted by Gasteiger charge is -2.35. The zero-order chi connectivity index (χ0) is 44.6. The van der Waals surface area contributed by atoms with E-state index in [2.05, 4.69) is 47.3 Å². The number of amides is 1. The molecule has 8 aromatic rings. The second-order valence-electron chi connectivity index (χ2n) is 18.5. The third-order valence-electron chi connectivity index (χ3n) is 14.0. The largest absolute Gasteiger partial charge is 0.438 e. The summed E-state index contributed by atoms with van der Waals surface area (Å²) in [5.41, 5.74) is 7.46. The van der Waals surface area contributed by atoms with Gasteiger partial charge in [0, 0.05) is 48.8 Å². The summed E-state index contributed by atoms with van der Waals surface area (Å²) in [5.74, 6) is -0.889.